The van der Waals surface area contributed by atoms with Crippen LogP contribution in [-0.2, 0) is 9.47 Å². The second-order valence-electron chi connectivity index (χ2n) is 13.4. The fourth-order valence-electron chi connectivity index (χ4n) is 10.2. The third kappa shape index (κ3) is 2.87. The molecule has 176 valence electrons. The summed E-state index contributed by atoms with van der Waals surface area (Å²) < 4.78 is 13.3. The van der Waals surface area contributed by atoms with Crippen LogP contribution in [0.1, 0.15) is 91.9 Å². The molecule has 2 aliphatic heterocycles. The second kappa shape index (κ2) is 6.71. The van der Waals surface area contributed by atoms with Crippen molar-refractivity contribution in [2.45, 2.75) is 110 Å². The lowest BCUT2D eigenvalue weighted by atomic mass is 9.44. The van der Waals surface area contributed by atoms with E-state index < -0.39 is 5.79 Å². The largest absolute Gasteiger partial charge is 0.366 e. The van der Waals surface area contributed by atoms with Crippen molar-refractivity contribution in [3.05, 3.63) is 0 Å². The van der Waals surface area contributed by atoms with E-state index in [1.165, 1.54) is 38.5 Å². The molecule has 4 heteroatoms. The topological polar surface area (TPSA) is 58.9 Å². The summed E-state index contributed by atoms with van der Waals surface area (Å²) in [6.07, 6.45) is 11.1. The molecule has 0 bridgehead atoms. The first-order chi connectivity index (χ1) is 14.6. The molecule has 4 nitrogen and oxygen atoms in total. The molecule has 2 unspecified atom stereocenters. The van der Waals surface area contributed by atoms with E-state index in [9.17, 15) is 10.2 Å². The minimum absolute atomic E-state index is 0.285. The minimum Gasteiger partial charge on any atom is -0.366 e. The Morgan fingerprint density at radius 2 is 1.65 bits per heavy atom. The Morgan fingerprint density at radius 3 is 2.39 bits per heavy atom. The highest BCUT2D eigenvalue weighted by atomic mass is 16.7. The van der Waals surface area contributed by atoms with Crippen molar-refractivity contribution in [2.75, 3.05) is 6.61 Å². The van der Waals surface area contributed by atoms with E-state index in [1.54, 1.807) is 0 Å². The van der Waals surface area contributed by atoms with E-state index in [2.05, 4.69) is 27.7 Å². The van der Waals surface area contributed by atoms with Gasteiger partial charge in [0.25, 0.3) is 0 Å². The fraction of sp³-hybridized carbons (Fsp3) is 1.00. The molecule has 2 saturated heterocycles. The van der Waals surface area contributed by atoms with Crippen molar-refractivity contribution < 1.29 is 19.7 Å². The fourth-order valence-corrected chi connectivity index (χ4v) is 10.2. The van der Waals surface area contributed by atoms with Gasteiger partial charge in [0.15, 0.2) is 11.6 Å². The van der Waals surface area contributed by atoms with Gasteiger partial charge in [0, 0.05) is 25.2 Å². The van der Waals surface area contributed by atoms with Crippen molar-refractivity contribution in [1.82, 2.24) is 0 Å². The summed E-state index contributed by atoms with van der Waals surface area (Å²) in [7, 11) is 0. The molecule has 1 spiro atoms. The molecule has 0 aromatic carbocycles. The number of ether oxygens (including phenoxy) is 2. The van der Waals surface area contributed by atoms with Crippen LogP contribution in [0.4, 0.5) is 0 Å². The Balaban J connectivity index is 1.25. The van der Waals surface area contributed by atoms with Crippen molar-refractivity contribution in [2.24, 2.45) is 52.3 Å². The second-order valence-corrected chi connectivity index (χ2v) is 13.4. The lowest BCUT2D eigenvalue weighted by Gasteiger charge is -2.61. The molecular weight excluding hydrogens is 388 g/mol. The summed E-state index contributed by atoms with van der Waals surface area (Å²) in [5.41, 5.74) is 0.657. The van der Waals surface area contributed by atoms with Crippen molar-refractivity contribution in [3.8, 4) is 0 Å². The number of hydrogen-bond acceptors (Lipinski definition) is 4. The third-order valence-electron chi connectivity index (χ3n) is 12.0. The molecule has 6 rings (SSSR count). The van der Waals surface area contributed by atoms with Gasteiger partial charge in [0.1, 0.15) is 0 Å². The van der Waals surface area contributed by atoms with Crippen molar-refractivity contribution in [1.29, 1.82) is 0 Å². The van der Waals surface area contributed by atoms with E-state index in [0.29, 0.717) is 48.0 Å². The van der Waals surface area contributed by atoms with Crippen LogP contribution in [0.2, 0.25) is 0 Å². The van der Waals surface area contributed by atoms with Gasteiger partial charge in [-0.2, -0.15) is 0 Å². The lowest BCUT2D eigenvalue weighted by molar-refractivity contribution is -0.273. The van der Waals surface area contributed by atoms with Crippen LogP contribution in [0.15, 0.2) is 0 Å². The van der Waals surface area contributed by atoms with Gasteiger partial charge in [-0.05, 0) is 91.3 Å². The molecule has 4 aliphatic carbocycles. The van der Waals surface area contributed by atoms with Gasteiger partial charge in [0.05, 0.1) is 12.7 Å². The summed E-state index contributed by atoms with van der Waals surface area (Å²) in [4.78, 5) is 0. The average molecular weight is 433 g/mol. The predicted octanol–water partition coefficient (Wildman–Crippen LogP) is 5.11. The minimum atomic E-state index is -1.43. The molecule has 31 heavy (non-hydrogen) atoms. The molecule has 2 heterocycles. The van der Waals surface area contributed by atoms with E-state index in [4.69, 9.17) is 9.47 Å². The summed E-state index contributed by atoms with van der Waals surface area (Å²) in [6.45, 7) is 10.7. The Bertz CT molecular complexity index is 727. The van der Waals surface area contributed by atoms with Gasteiger partial charge in [-0.15, -0.1) is 0 Å². The van der Waals surface area contributed by atoms with E-state index in [1.807, 2.05) is 0 Å². The molecule has 0 amide bonds. The summed E-state index contributed by atoms with van der Waals surface area (Å²) in [6, 6.07) is 0. The number of aliphatic hydroxyl groups is 2. The molecular formula is C27H44O4. The van der Waals surface area contributed by atoms with Crippen LogP contribution in [-0.4, -0.2) is 34.5 Å². The van der Waals surface area contributed by atoms with Crippen LogP contribution in [0.25, 0.3) is 0 Å². The molecule has 11 atom stereocenters. The van der Waals surface area contributed by atoms with Crippen LogP contribution in [0.3, 0.4) is 0 Å². The first-order valence-corrected chi connectivity index (χ1v) is 13.3. The first kappa shape index (κ1) is 21.4. The standard InChI is InChI=1S/C27H44O4/c1-16-7-10-27(30-15-16)17(2)23-22(31-27)13-21-19-6-5-18-14-26(28,29)12-11-24(18,3)20(19)8-9-25(21,23)4/h16-23,28-29H,5-15H2,1-4H3/t16?,17-,18?,19+,20-,21-,22-,23-,24-,25-,27+/m0/s1. The molecule has 0 radical (unpaired) electrons. The van der Waals surface area contributed by atoms with E-state index >= 15 is 0 Å². The Hall–Kier alpha value is -0.160. The normalized spacial score (nSPS) is 60.2. The maximum atomic E-state index is 10.3. The molecule has 2 N–H and O–H groups in total. The highest BCUT2D eigenvalue weighted by molar-refractivity contribution is 5.15. The van der Waals surface area contributed by atoms with Crippen LogP contribution in [0.5, 0.6) is 0 Å². The maximum Gasteiger partial charge on any atom is 0.171 e. The van der Waals surface area contributed by atoms with Crippen molar-refractivity contribution in [3.63, 3.8) is 0 Å². The average Bonchev–Trinajstić information content (AvgIpc) is 3.16. The summed E-state index contributed by atoms with van der Waals surface area (Å²) in [5, 5.41) is 20.6. The Kier molecular flexibility index (Phi) is 4.62. The molecule has 6 aliphatic rings. The molecule has 0 aromatic rings. The van der Waals surface area contributed by atoms with Crippen LogP contribution < -0.4 is 0 Å². The quantitative estimate of drug-likeness (QED) is 0.522. The zero-order valence-electron chi connectivity index (χ0n) is 20.1. The monoisotopic (exact) mass is 432 g/mol. The Labute approximate surface area is 188 Å². The highest BCUT2D eigenvalue weighted by Crippen LogP contribution is 2.71. The summed E-state index contributed by atoms with van der Waals surface area (Å²) in [5.74, 6) is 2.79. The maximum absolute atomic E-state index is 10.3. The third-order valence-corrected chi connectivity index (χ3v) is 12.0. The Morgan fingerprint density at radius 1 is 0.839 bits per heavy atom. The van der Waals surface area contributed by atoms with Gasteiger partial charge >= 0.3 is 0 Å². The molecule has 6 fully saturated rings. The molecule has 4 saturated carbocycles. The van der Waals surface area contributed by atoms with Gasteiger partial charge in [-0.3, -0.25) is 0 Å². The number of fused-ring (bicyclic) bond motifs is 7. The van der Waals surface area contributed by atoms with Gasteiger partial charge in [0.2, 0.25) is 0 Å². The lowest BCUT2D eigenvalue weighted by Crippen LogP contribution is -2.56. The van der Waals surface area contributed by atoms with Crippen LogP contribution >= 0.6 is 0 Å². The van der Waals surface area contributed by atoms with Gasteiger partial charge in [-0.1, -0.05) is 27.7 Å². The van der Waals surface area contributed by atoms with Crippen LogP contribution in [0, 0.1) is 52.3 Å². The zero-order chi connectivity index (χ0) is 21.8. The summed E-state index contributed by atoms with van der Waals surface area (Å²) >= 11 is 0. The SMILES string of the molecule is CC1CC[C@@]2(OC1)O[C@H]1C[C@H]3[C@@H]4CCC5CC(O)(O)CC[C@]5(C)[C@H]4CC[C@]3(C)[C@H]1[C@@H]2C. The van der Waals surface area contributed by atoms with Crippen molar-refractivity contribution >= 4 is 0 Å². The predicted molar refractivity (Wildman–Crippen MR) is 119 cm³/mol. The zero-order valence-corrected chi connectivity index (χ0v) is 20.1. The smallest absolute Gasteiger partial charge is 0.171 e. The van der Waals surface area contributed by atoms with E-state index in [-0.39, 0.29) is 11.2 Å². The van der Waals surface area contributed by atoms with E-state index in [0.717, 1.165) is 37.2 Å². The van der Waals surface area contributed by atoms with Gasteiger partial charge < -0.3 is 19.7 Å². The number of hydrogen-bond donors (Lipinski definition) is 2. The number of rotatable bonds is 0. The molecule has 0 aromatic heterocycles. The van der Waals surface area contributed by atoms with Gasteiger partial charge in [-0.25, -0.2) is 0 Å². The highest BCUT2D eigenvalue weighted by Gasteiger charge is 2.69. The first-order valence-electron chi connectivity index (χ1n) is 13.3.